The van der Waals surface area contributed by atoms with E-state index in [1.807, 2.05) is 0 Å². The number of hydrogen-bond acceptors (Lipinski definition) is 3. The van der Waals surface area contributed by atoms with Crippen LogP contribution in [0.25, 0.3) is 0 Å². The highest BCUT2D eigenvalue weighted by atomic mass is 32.2. The van der Waals surface area contributed by atoms with Gasteiger partial charge in [0, 0.05) is 48.0 Å². The lowest BCUT2D eigenvalue weighted by Crippen LogP contribution is -2.55. The first-order valence-electron chi connectivity index (χ1n) is 8.52. The lowest BCUT2D eigenvalue weighted by molar-refractivity contribution is -0.140. The monoisotopic (exact) mass is 312 g/mol. The normalized spacial score (nSPS) is 35.5. The number of piperidine rings is 1. The highest BCUT2D eigenvalue weighted by Crippen LogP contribution is 2.38. The van der Waals surface area contributed by atoms with Gasteiger partial charge in [0.2, 0.25) is 5.91 Å². The van der Waals surface area contributed by atoms with Crippen LogP contribution in [0.1, 0.15) is 39.0 Å². The van der Waals surface area contributed by atoms with Crippen molar-refractivity contribution in [2.24, 2.45) is 11.8 Å². The Labute approximate surface area is 130 Å². The van der Waals surface area contributed by atoms with E-state index in [-0.39, 0.29) is 0 Å². The average Bonchev–Trinajstić information content (AvgIpc) is 2.50. The molecule has 2 aliphatic heterocycles. The number of nitrogens with zero attached hydrogens (tertiary/aromatic N) is 2. The first-order valence-corrected chi connectivity index (χ1v) is 10.0. The second-order valence-electron chi connectivity index (χ2n) is 6.99. The molecule has 2 heterocycles. The number of rotatable bonds is 2. The fraction of sp³-hybridized carbons (Fsp3) is 0.938. The van der Waals surface area contributed by atoms with Crippen molar-refractivity contribution in [1.82, 2.24) is 9.80 Å². The van der Waals surface area contributed by atoms with Crippen molar-refractivity contribution in [1.29, 1.82) is 0 Å². The molecule has 4 nitrogen and oxygen atoms in total. The smallest absolute Gasteiger partial charge is 0.237 e. The minimum Gasteiger partial charge on any atom is -0.338 e. The first-order chi connectivity index (χ1) is 10.1. The average molecular weight is 312 g/mol. The minimum absolute atomic E-state index is 0.312. The second kappa shape index (κ2) is 6.78. The zero-order valence-corrected chi connectivity index (χ0v) is 13.9. The van der Waals surface area contributed by atoms with Crippen LogP contribution in [0.2, 0.25) is 0 Å². The highest BCUT2D eigenvalue weighted by molar-refractivity contribution is 7.85. The van der Waals surface area contributed by atoms with Crippen molar-refractivity contribution in [3.8, 4) is 0 Å². The molecule has 0 N–H and O–H groups in total. The third-order valence-corrected chi connectivity index (χ3v) is 6.96. The van der Waals surface area contributed by atoms with Gasteiger partial charge in [0.05, 0.1) is 6.54 Å². The molecule has 0 aromatic heterocycles. The molecule has 3 rings (SSSR count). The summed E-state index contributed by atoms with van der Waals surface area (Å²) < 4.78 is 11.4. The van der Waals surface area contributed by atoms with Crippen LogP contribution in [0.3, 0.4) is 0 Å². The van der Waals surface area contributed by atoms with E-state index >= 15 is 0 Å². The molecular formula is C16H28N2O2S. The Morgan fingerprint density at radius 1 is 1.10 bits per heavy atom. The van der Waals surface area contributed by atoms with E-state index in [9.17, 15) is 9.00 Å². The predicted molar refractivity (Wildman–Crippen MR) is 85.6 cm³/mol. The third-order valence-electron chi connectivity index (χ3n) is 5.69. The molecule has 1 amide bonds. The summed E-state index contributed by atoms with van der Waals surface area (Å²) in [6, 6.07) is 0.494. The van der Waals surface area contributed by atoms with E-state index in [2.05, 4.69) is 16.7 Å². The maximum absolute atomic E-state index is 12.7. The van der Waals surface area contributed by atoms with Gasteiger partial charge in [0.1, 0.15) is 0 Å². The van der Waals surface area contributed by atoms with Gasteiger partial charge in [-0.15, -0.1) is 0 Å². The van der Waals surface area contributed by atoms with E-state index in [0.29, 0.717) is 18.5 Å². The minimum atomic E-state index is -0.658. The molecule has 3 atom stereocenters. The van der Waals surface area contributed by atoms with Crippen molar-refractivity contribution in [3.05, 3.63) is 0 Å². The summed E-state index contributed by atoms with van der Waals surface area (Å²) in [6.07, 6.45) is 6.28. The van der Waals surface area contributed by atoms with Gasteiger partial charge in [0.15, 0.2) is 0 Å². The molecular weight excluding hydrogens is 284 g/mol. The Morgan fingerprint density at radius 3 is 2.57 bits per heavy atom. The third kappa shape index (κ3) is 3.50. The predicted octanol–water partition coefficient (Wildman–Crippen LogP) is 1.48. The second-order valence-corrected chi connectivity index (χ2v) is 8.69. The molecule has 0 aromatic rings. The summed E-state index contributed by atoms with van der Waals surface area (Å²) in [5, 5.41) is 0. The van der Waals surface area contributed by atoms with Crippen LogP contribution in [0.15, 0.2) is 0 Å². The van der Waals surface area contributed by atoms with E-state index in [4.69, 9.17) is 0 Å². The molecule has 0 spiro atoms. The molecule has 120 valence electrons. The van der Waals surface area contributed by atoms with Crippen LogP contribution in [0.4, 0.5) is 0 Å². The lowest BCUT2D eigenvalue weighted by atomic mass is 9.72. The fourth-order valence-electron chi connectivity index (χ4n) is 4.34. The largest absolute Gasteiger partial charge is 0.338 e. The van der Waals surface area contributed by atoms with Crippen LogP contribution >= 0.6 is 0 Å². The Morgan fingerprint density at radius 2 is 1.81 bits per heavy atom. The summed E-state index contributed by atoms with van der Waals surface area (Å²) in [5.74, 6) is 3.28. The molecule has 2 saturated heterocycles. The SMILES string of the molecule is CC1CCN(C(=O)CN2CCS(=O)CC2)C2CCCCC12. The Bertz CT molecular complexity index is 405. The summed E-state index contributed by atoms with van der Waals surface area (Å²) in [4.78, 5) is 17.1. The number of likely N-dealkylation sites (tertiary alicyclic amines) is 1. The molecule has 1 saturated carbocycles. The number of hydrogen-bond donors (Lipinski definition) is 0. The van der Waals surface area contributed by atoms with Gasteiger partial charge in [-0.3, -0.25) is 13.9 Å². The molecule has 21 heavy (non-hydrogen) atoms. The van der Waals surface area contributed by atoms with E-state index in [1.54, 1.807) is 0 Å². The van der Waals surface area contributed by atoms with Crippen molar-refractivity contribution in [2.45, 2.75) is 45.1 Å². The molecule has 1 aliphatic carbocycles. The summed E-state index contributed by atoms with van der Waals surface area (Å²) >= 11 is 0. The number of carbonyl (C=O) groups is 1. The zero-order valence-electron chi connectivity index (χ0n) is 13.1. The quantitative estimate of drug-likeness (QED) is 0.775. The van der Waals surface area contributed by atoms with Gasteiger partial charge < -0.3 is 4.90 Å². The van der Waals surface area contributed by atoms with E-state index < -0.39 is 10.8 Å². The molecule has 0 radical (unpaired) electrons. The number of carbonyl (C=O) groups excluding carboxylic acids is 1. The first kappa shape index (κ1) is 15.5. The molecule has 0 bridgehead atoms. The Balaban J connectivity index is 1.59. The van der Waals surface area contributed by atoms with Crippen molar-refractivity contribution >= 4 is 16.7 Å². The molecule has 0 aromatic carbocycles. The number of amides is 1. The summed E-state index contributed by atoms with van der Waals surface area (Å²) in [6.45, 7) is 5.48. The van der Waals surface area contributed by atoms with Gasteiger partial charge in [0.25, 0.3) is 0 Å². The molecule has 3 unspecified atom stereocenters. The molecule has 5 heteroatoms. The van der Waals surface area contributed by atoms with Crippen LogP contribution in [0.5, 0.6) is 0 Å². The Hall–Kier alpha value is -0.420. The van der Waals surface area contributed by atoms with E-state index in [0.717, 1.165) is 49.4 Å². The van der Waals surface area contributed by atoms with Gasteiger partial charge >= 0.3 is 0 Å². The standard InChI is InChI=1S/C16H28N2O2S/c1-13-6-7-18(15-5-3-2-4-14(13)15)16(19)12-17-8-10-21(20)11-9-17/h13-15H,2-12H2,1H3. The number of fused-ring (bicyclic) bond motifs is 1. The van der Waals surface area contributed by atoms with Crippen LogP contribution in [0, 0.1) is 11.8 Å². The fourth-order valence-corrected chi connectivity index (χ4v) is 5.47. The maximum Gasteiger partial charge on any atom is 0.237 e. The molecule has 3 aliphatic rings. The van der Waals surface area contributed by atoms with Crippen LogP contribution in [-0.4, -0.2) is 63.6 Å². The highest BCUT2D eigenvalue weighted by Gasteiger charge is 2.39. The molecule has 3 fully saturated rings. The summed E-state index contributed by atoms with van der Waals surface area (Å²) in [7, 11) is -0.658. The van der Waals surface area contributed by atoms with Gasteiger partial charge in [-0.05, 0) is 31.1 Å². The summed E-state index contributed by atoms with van der Waals surface area (Å²) in [5.41, 5.74) is 0. The van der Waals surface area contributed by atoms with Crippen molar-refractivity contribution < 1.29 is 9.00 Å². The van der Waals surface area contributed by atoms with Crippen LogP contribution < -0.4 is 0 Å². The lowest BCUT2D eigenvalue weighted by Gasteiger charge is -2.47. The van der Waals surface area contributed by atoms with Crippen LogP contribution in [-0.2, 0) is 15.6 Å². The van der Waals surface area contributed by atoms with Gasteiger partial charge in [-0.2, -0.15) is 0 Å². The van der Waals surface area contributed by atoms with Crippen molar-refractivity contribution in [3.63, 3.8) is 0 Å². The van der Waals surface area contributed by atoms with E-state index in [1.165, 1.54) is 25.7 Å². The van der Waals surface area contributed by atoms with Crippen molar-refractivity contribution in [2.75, 3.05) is 37.7 Å². The maximum atomic E-state index is 12.7. The zero-order chi connectivity index (χ0) is 14.8. The van der Waals surface area contributed by atoms with Gasteiger partial charge in [-0.1, -0.05) is 19.8 Å². The topological polar surface area (TPSA) is 40.6 Å². The van der Waals surface area contributed by atoms with Gasteiger partial charge in [-0.25, -0.2) is 0 Å². The Kier molecular flexibility index (Phi) is 4.99.